The van der Waals surface area contributed by atoms with Gasteiger partial charge in [0.1, 0.15) is 5.60 Å². The summed E-state index contributed by atoms with van der Waals surface area (Å²) in [5.74, 6) is 0.271. The van der Waals surface area contributed by atoms with Gasteiger partial charge < -0.3 is 14.4 Å². The van der Waals surface area contributed by atoms with Gasteiger partial charge >= 0.3 is 0 Å². The fourth-order valence-corrected chi connectivity index (χ4v) is 4.06. The van der Waals surface area contributed by atoms with Crippen LogP contribution in [-0.4, -0.2) is 67.3 Å². The molecule has 0 N–H and O–H groups in total. The van der Waals surface area contributed by atoms with Gasteiger partial charge in [-0.25, -0.2) is 0 Å². The lowest BCUT2D eigenvalue weighted by molar-refractivity contribution is -0.134. The molecule has 5 heteroatoms. The maximum Gasteiger partial charge on any atom is 0.224 e. The summed E-state index contributed by atoms with van der Waals surface area (Å²) in [5.41, 5.74) is 2.56. The number of carbonyl (C=O) groups is 1. The summed E-state index contributed by atoms with van der Waals surface area (Å²) in [6.45, 7) is 6.46. The molecule has 0 unspecified atom stereocenters. The first-order chi connectivity index (χ1) is 11.7. The van der Waals surface area contributed by atoms with E-state index in [9.17, 15) is 4.79 Å². The van der Waals surface area contributed by atoms with E-state index in [1.807, 2.05) is 4.90 Å². The maximum absolute atomic E-state index is 12.6. The zero-order valence-corrected chi connectivity index (χ0v) is 14.2. The highest BCUT2D eigenvalue weighted by Gasteiger charge is 2.40. The Morgan fingerprint density at radius 2 is 2.04 bits per heavy atom. The van der Waals surface area contributed by atoms with E-state index in [0.29, 0.717) is 13.0 Å². The lowest BCUT2D eigenvalue weighted by Crippen LogP contribution is -2.53. The number of fused-ring (bicyclic) bond motifs is 1. The Kier molecular flexibility index (Phi) is 4.57. The third-order valence-electron chi connectivity index (χ3n) is 5.52. The van der Waals surface area contributed by atoms with Crippen molar-refractivity contribution in [2.24, 2.45) is 0 Å². The predicted molar refractivity (Wildman–Crippen MR) is 90.7 cm³/mol. The Balaban J connectivity index is 1.29. The second kappa shape index (κ2) is 6.82. The second-order valence-corrected chi connectivity index (χ2v) is 7.19. The van der Waals surface area contributed by atoms with Gasteiger partial charge in [-0.2, -0.15) is 0 Å². The summed E-state index contributed by atoms with van der Waals surface area (Å²) >= 11 is 0. The van der Waals surface area contributed by atoms with Crippen molar-refractivity contribution in [1.82, 2.24) is 9.80 Å². The second-order valence-electron chi connectivity index (χ2n) is 7.19. The Morgan fingerprint density at radius 3 is 2.88 bits per heavy atom. The normalized spacial score (nSPS) is 27.4. The maximum atomic E-state index is 12.6. The van der Waals surface area contributed by atoms with Gasteiger partial charge in [-0.15, -0.1) is 0 Å². The molecule has 1 spiro atoms. The van der Waals surface area contributed by atoms with E-state index in [1.165, 1.54) is 11.1 Å². The predicted octanol–water partition coefficient (Wildman–Crippen LogP) is 1.45. The minimum absolute atomic E-state index is 0.120. The molecule has 0 radical (unpaired) electrons. The Morgan fingerprint density at radius 1 is 1.17 bits per heavy atom. The molecule has 3 aliphatic rings. The van der Waals surface area contributed by atoms with Crippen LogP contribution in [-0.2, 0) is 27.2 Å². The van der Waals surface area contributed by atoms with Crippen LogP contribution in [0.25, 0.3) is 0 Å². The first-order valence-electron chi connectivity index (χ1n) is 9.03. The third kappa shape index (κ3) is 3.34. The van der Waals surface area contributed by atoms with Crippen molar-refractivity contribution in [2.45, 2.75) is 31.4 Å². The molecule has 0 saturated carbocycles. The van der Waals surface area contributed by atoms with Crippen molar-refractivity contribution >= 4 is 5.91 Å². The van der Waals surface area contributed by atoms with Crippen molar-refractivity contribution in [1.29, 1.82) is 0 Å². The monoisotopic (exact) mass is 330 g/mol. The largest absolute Gasteiger partial charge is 0.378 e. The summed E-state index contributed by atoms with van der Waals surface area (Å²) < 4.78 is 11.5. The molecule has 2 saturated heterocycles. The van der Waals surface area contributed by atoms with E-state index >= 15 is 0 Å². The molecule has 1 atom stereocenters. The first-order valence-corrected chi connectivity index (χ1v) is 9.03. The number of morpholine rings is 1. The fourth-order valence-electron chi connectivity index (χ4n) is 4.06. The molecule has 1 aromatic rings. The van der Waals surface area contributed by atoms with Crippen LogP contribution >= 0.6 is 0 Å². The minimum Gasteiger partial charge on any atom is -0.378 e. The summed E-state index contributed by atoms with van der Waals surface area (Å²) in [4.78, 5) is 17.0. The van der Waals surface area contributed by atoms with Crippen LogP contribution in [0.2, 0.25) is 0 Å². The molecule has 3 aliphatic heterocycles. The van der Waals surface area contributed by atoms with Crippen LogP contribution in [0.3, 0.4) is 0 Å². The van der Waals surface area contributed by atoms with Crippen LogP contribution < -0.4 is 0 Å². The van der Waals surface area contributed by atoms with Gasteiger partial charge in [0.2, 0.25) is 5.91 Å². The lowest BCUT2D eigenvalue weighted by Gasteiger charge is -2.39. The summed E-state index contributed by atoms with van der Waals surface area (Å²) in [5, 5.41) is 0. The molecule has 0 aliphatic carbocycles. The van der Waals surface area contributed by atoms with Crippen LogP contribution in [0, 0.1) is 0 Å². The van der Waals surface area contributed by atoms with Crippen molar-refractivity contribution in [3.05, 3.63) is 35.4 Å². The molecule has 1 amide bonds. The number of amides is 1. The van der Waals surface area contributed by atoms with E-state index in [0.717, 1.165) is 58.8 Å². The number of carbonyl (C=O) groups excluding carboxylic acids is 1. The molecule has 3 heterocycles. The molecule has 2 fully saturated rings. The average molecular weight is 330 g/mol. The number of benzene rings is 1. The Labute approximate surface area is 143 Å². The Hall–Kier alpha value is -1.43. The summed E-state index contributed by atoms with van der Waals surface area (Å²) in [6.07, 6.45) is 2.54. The SMILES string of the molecule is O=C(CCN1CCO[C@@]2(CCOC2)C1)N1CCc2ccccc2C1. The standard InChI is InChI=1S/C19H26N2O3/c22-18(21-9-5-16-3-1-2-4-17(16)13-21)6-8-20-10-12-24-19(14-20)7-11-23-15-19/h1-4H,5-15H2/t19-/m0/s1. The van der Waals surface area contributed by atoms with Gasteiger partial charge in [-0.3, -0.25) is 9.69 Å². The highest BCUT2D eigenvalue weighted by Crippen LogP contribution is 2.27. The molecule has 0 bridgehead atoms. The van der Waals surface area contributed by atoms with Gasteiger partial charge in [0, 0.05) is 52.2 Å². The van der Waals surface area contributed by atoms with Crippen molar-refractivity contribution in [3.63, 3.8) is 0 Å². The van der Waals surface area contributed by atoms with Gasteiger partial charge in [0.15, 0.2) is 0 Å². The highest BCUT2D eigenvalue weighted by molar-refractivity contribution is 5.76. The number of hydrogen-bond donors (Lipinski definition) is 0. The summed E-state index contributed by atoms with van der Waals surface area (Å²) in [7, 11) is 0. The zero-order valence-electron chi connectivity index (χ0n) is 14.2. The lowest BCUT2D eigenvalue weighted by atomic mass is 9.99. The molecular weight excluding hydrogens is 304 g/mol. The summed E-state index contributed by atoms with van der Waals surface area (Å²) in [6, 6.07) is 8.45. The molecule has 5 nitrogen and oxygen atoms in total. The van der Waals surface area contributed by atoms with E-state index in [-0.39, 0.29) is 11.5 Å². The smallest absolute Gasteiger partial charge is 0.224 e. The molecule has 24 heavy (non-hydrogen) atoms. The number of rotatable bonds is 3. The topological polar surface area (TPSA) is 42.0 Å². The van der Waals surface area contributed by atoms with E-state index in [1.54, 1.807) is 0 Å². The molecule has 0 aromatic heterocycles. The van der Waals surface area contributed by atoms with Crippen LogP contribution in [0.5, 0.6) is 0 Å². The van der Waals surface area contributed by atoms with E-state index < -0.39 is 0 Å². The van der Waals surface area contributed by atoms with Gasteiger partial charge in [-0.05, 0) is 17.5 Å². The average Bonchev–Trinajstić information content (AvgIpc) is 3.07. The van der Waals surface area contributed by atoms with Crippen LogP contribution in [0.15, 0.2) is 24.3 Å². The number of hydrogen-bond acceptors (Lipinski definition) is 4. The van der Waals surface area contributed by atoms with Crippen LogP contribution in [0.4, 0.5) is 0 Å². The van der Waals surface area contributed by atoms with Gasteiger partial charge in [0.05, 0.1) is 13.2 Å². The number of ether oxygens (including phenoxy) is 2. The van der Waals surface area contributed by atoms with E-state index in [4.69, 9.17) is 9.47 Å². The van der Waals surface area contributed by atoms with E-state index in [2.05, 4.69) is 29.2 Å². The quantitative estimate of drug-likeness (QED) is 0.841. The highest BCUT2D eigenvalue weighted by atomic mass is 16.6. The van der Waals surface area contributed by atoms with Crippen LogP contribution in [0.1, 0.15) is 24.0 Å². The minimum atomic E-state index is -0.120. The fraction of sp³-hybridized carbons (Fsp3) is 0.632. The molecular formula is C19H26N2O3. The van der Waals surface area contributed by atoms with Gasteiger partial charge in [0.25, 0.3) is 0 Å². The Bertz CT molecular complexity index is 598. The van der Waals surface area contributed by atoms with Gasteiger partial charge in [-0.1, -0.05) is 24.3 Å². The zero-order chi connectivity index (χ0) is 16.4. The number of nitrogens with zero attached hydrogens (tertiary/aromatic N) is 2. The molecule has 130 valence electrons. The van der Waals surface area contributed by atoms with Crippen molar-refractivity contribution < 1.29 is 14.3 Å². The third-order valence-corrected chi connectivity index (χ3v) is 5.52. The molecule has 4 rings (SSSR count). The van der Waals surface area contributed by atoms with Crippen molar-refractivity contribution in [2.75, 3.05) is 46.0 Å². The first kappa shape index (κ1) is 16.1. The van der Waals surface area contributed by atoms with Crippen molar-refractivity contribution in [3.8, 4) is 0 Å². The molecule has 1 aromatic carbocycles.